The number of rotatable bonds is 1. The third-order valence-electron chi connectivity index (χ3n) is 1.70. The average Bonchev–Trinajstić information content (AvgIpc) is 2.04. The Morgan fingerprint density at radius 1 is 1.38 bits per heavy atom. The Bertz CT molecular complexity index is 231. The molecule has 0 rings (SSSR count). The lowest BCUT2D eigenvalue weighted by atomic mass is 9.92. The summed E-state index contributed by atoms with van der Waals surface area (Å²) in [6.45, 7) is 11.8. The fraction of sp³-hybridized carbons (Fsp3) is 0.600. The van der Waals surface area contributed by atoms with Gasteiger partial charge in [0.1, 0.15) is 0 Å². The van der Waals surface area contributed by atoms with Crippen molar-refractivity contribution in [2.75, 3.05) is 7.05 Å². The van der Waals surface area contributed by atoms with Gasteiger partial charge in [0, 0.05) is 18.2 Å². The summed E-state index contributed by atoms with van der Waals surface area (Å²) in [5.41, 5.74) is 1.18. The zero-order valence-corrected chi connectivity index (χ0v) is 9.18. The molecule has 0 radical (unpaired) electrons. The van der Waals surface area contributed by atoms with E-state index in [0.29, 0.717) is 5.96 Å². The number of nitrogens with zero attached hydrogens (tertiary/aromatic N) is 2. The normalized spacial score (nSPS) is 14.2. The van der Waals surface area contributed by atoms with E-state index in [4.69, 9.17) is 0 Å². The molecule has 0 amide bonds. The molecule has 0 fully saturated rings. The van der Waals surface area contributed by atoms with Gasteiger partial charge in [0.05, 0.1) is 0 Å². The lowest BCUT2D eigenvalue weighted by molar-refractivity contribution is 0.482. The van der Waals surface area contributed by atoms with Crippen LogP contribution in [0.5, 0.6) is 0 Å². The maximum Gasteiger partial charge on any atom is 0.221 e. The van der Waals surface area contributed by atoms with Gasteiger partial charge in [-0.15, -0.1) is 0 Å². The zero-order valence-electron chi connectivity index (χ0n) is 9.18. The van der Waals surface area contributed by atoms with Crippen molar-refractivity contribution < 1.29 is 0 Å². The maximum atomic E-state index is 3.94. The highest BCUT2D eigenvalue weighted by molar-refractivity contribution is 5.85. The number of allylic oxidation sites excluding steroid dienone is 2. The molecule has 0 aromatic carbocycles. The zero-order chi connectivity index (χ0) is 10.5. The Morgan fingerprint density at radius 3 is 2.15 bits per heavy atom. The topological polar surface area (TPSA) is 36.8 Å². The minimum absolute atomic E-state index is 0.0787. The van der Waals surface area contributed by atoms with Gasteiger partial charge in [-0.25, -0.2) is 4.99 Å². The van der Waals surface area contributed by atoms with Crippen LogP contribution in [-0.2, 0) is 0 Å². The van der Waals surface area contributed by atoms with Crippen LogP contribution in [0.25, 0.3) is 0 Å². The molecule has 0 atom stereocenters. The van der Waals surface area contributed by atoms with Gasteiger partial charge in [0.2, 0.25) is 5.96 Å². The van der Waals surface area contributed by atoms with Crippen LogP contribution >= 0.6 is 0 Å². The Kier molecular flexibility index (Phi) is 4.38. The van der Waals surface area contributed by atoms with Crippen molar-refractivity contribution in [1.29, 1.82) is 0 Å². The van der Waals surface area contributed by atoms with Crippen LogP contribution in [-0.4, -0.2) is 19.7 Å². The van der Waals surface area contributed by atoms with Crippen LogP contribution in [0.1, 0.15) is 27.7 Å². The summed E-state index contributed by atoms with van der Waals surface area (Å²) in [5, 5.41) is 3.12. The van der Waals surface area contributed by atoms with E-state index >= 15 is 0 Å². The van der Waals surface area contributed by atoms with Crippen molar-refractivity contribution in [3.05, 3.63) is 11.8 Å². The molecule has 0 unspecified atom stereocenters. The molecular formula is C10H19N3. The van der Waals surface area contributed by atoms with Gasteiger partial charge in [-0.3, -0.25) is 4.99 Å². The second kappa shape index (κ2) is 4.80. The summed E-state index contributed by atoms with van der Waals surface area (Å²) >= 11 is 0. The van der Waals surface area contributed by atoms with Crippen LogP contribution in [0, 0.1) is 5.41 Å². The maximum absolute atomic E-state index is 3.94. The van der Waals surface area contributed by atoms with Crippen molar-refractivity contribution in [2.45, 2.75) is 27.7 Å². The standard InChI is InChI=1S/C10H19N3/c1-7-8(10(2,3)4)13-9(11-5)12-6/h7H,5H2,1-4,6H3,(H,12,13)/b8-7-. The van der Waals surface area contributed by atoms with Gasteiger partial charge in [-0.1, -0.05) is 26.8 Å². The summed E-state index contributed by atoms with van der Waals surface area (Å²) in [6, 6.07) is 0. The van der Waals surface area contributed by atoms with Crippen LogP contribution in [0.15, 0.2) is 21.8 Å². The first-order valence-corrected chi connectivity index (χ1v) is 4.33. The first-order valence-electron chi connectivity index (χ1n) is 4.33. The molecule has 13 heavy (non-hydrogen) atoms. The minimum Gasteiger partial charge on any atom is -0.328 e. The number of aliphatic imine (C=N–C) groups is 2. The summed E-state index contributed by atoms with van der Waals surface area (Å²) in [5.74, 6) is 0.558. The molecule has 0 aromatic rings. The molecule has 0 spiro atoms. The largest absolute Gasteiger partial charge is 0.328 e. The lowest BCUT2D eigenvalue weighted by Crippen LogP contribution is -2.28. The van der Waals surface area contributed by atoms with Gasteiger partial charge in [0.25, 0.3) is 0 Å². The average molecular weight is 181 g/mol. The number of guanidine groups is 1. The molecule has 0 saturated heterocycles. The van der Waals surface area contributed by atoms with Crippen LogP contribution in [0.2, 0.25) is 0 Å². The van der Waals surface area contributed by atoms with Gasteiger partial charge < -0.3 is 5.32 Å². The van der Waals surface area contributed by atoms with Crippen molar-refractivity contribution in [3.63, 3.8) is 0 Å². The Labute approximate surface area is 80.7 Å². The van der Waals surface area contributed by atoms with E-state index in [1.807, 2.05) is 13.0 Å². The molecule has 74 valence electrons. The van der Waals surface area contributed by atoms with Gasteiger partial charge in [-0.2, -0.15) is 0 Å². The second-order valence-corrected chi connectivity index (χ2v) is 3.78. The quantitative estimate of drug-likeness (QED) is 0.488. The smallest absolute Gasteiger partial charge is 0.221 e. The van der Waals surface area contributed by atoms with E-state index in [2.05, 4.69) is 42.8 Å². The highest BCUT2D eigenvalue weighted by Crippen LogP contribution is 2.22. The van der Waals surface area contributed by atoms with Gasteiger partial charge in [0.15, 0.2) is 0 Å². The Balaban J connectivity index is 4.59. The van der Waals surface area contributed by atoms with Gasteiger partial charge >= 0.3 is 0 Å². The third-order valence-corrected chi connectivity index (χ3v) is 1.70. The SMILES string of the molecule is C=NC(=NC)N/C(=C\C)C(C)(C)C. The second-order valence-electron chi connectivity index (χ2n) is 3.78. The number of nitrogens with one attached hydrogen (secondary N) is 1. The summed E-state index contributed by atoms with van der Waals surface area (Å²) in [6.07, 6.45) is 2.02. The molecule has 0 aliphatic heterocycles. The molecule has 1 N–H and O–H groups in total. The molecular weight excluding hydrogens is 162 g/mol. The lowest BCUT2D eigenvalue weighted by Gasteiger charge is -2.23. The first-order chi connectivity index (χ1) is 5.95. The Morgan fingerprint density at radius 2 is 1.92 bits per heavy atom. The van der Waals surface area contributed by atoms with Crippen molar-refractivity contribution >= 4 is 12.7 Å². The monoisotopic (exact) mass is 181 g/mol. The third kappa shape index (κ3) is 3.87. The van der Waals surface area contributed by atoms with Crippen molar-refractivity contribution in [1.82, 2.24) is 5.32 Å². The van der Waals surface area contributed by atoms with Crippen LogP contribution in [0.4, 0.5) is 0 Å². The summed E-state index contributed by atoms with van der Waals surface area (Å²) in [4.78, 5) is 7.70. The van der Waals surface area contributed by atoms with E-state index in [-0.39, 0.29) is 5.41 Å². The van der Waals surface area contributed by atoms with Crippen LogP contribution in [0.3, 0.4) is 0 Å². The predicted octanol–water partition coefficient (Wildman–Crippen LogP) is 2.21. The highest BCUT2D eigenvalue weighted by Gasteiger charge is 2.16. The molecule has 3 heteroatoms. The summed E-state index contributed by atoms with van der Waals surface area (Å²) in [7, 11) is 1.69. The molecule has 0 aromatic heterocycles. The van der Waals surface area contributed by atoms with Gasteiger partial charge in [-0.05, 0) is 13.6 Å². The van der Waals surface area contributed by atoms with E-state index < -0.39 is 0 Å². The number of hydrogen-bond donors (Lipinski definition) is 1. The molecule has 0 bridgehead atoms. The molecule has 0 saturated carbocycles. The molecule has 0 heterocycles. The van der Waals surface area contributed by atoms with E-state index in [9.17, 15) is 0 Å². The molecule has 3 nitrogen and oxygen atoms in total. The molecule has 0 aliphatic carbocycles. The van der Waals surface area contributed by atoms with E-state index in [1.54, 1.807) is 7.05 Å². The first kappa shape index (κ1) is 11.9. The fourth-order valence-corrected chi connectivity index (χ4v) is 0.979. The number of hydrogen-bond acceptors (Lipinski definition) is 1. The minimum atomic E-state index is 0.0787. The van der Waals surface area contributed by atoms with Crippen molar-refractivity contribution in [2.24, 2.45) is 15.4 Å². The Hall–Kier alpha value is -1.12. The van der Waals surface area contributed by atoms with Crippen molar-refractivity contribution in [3.8, 4) is 0 Å². The molecule has 0 aliphatic rings. The fourth-order valence-electron chi connectivity index (χ4n) is 0.979. The van der Waals surface area contributed by atoms with E-state index in [1.165, 1.54) is 0 Å². The van der Waals surface area contributed by atoms with Crippen LogP contribution < -0.4 is 5.32 Å². The van der Waals surface area contributed by atoms with E-state index in [0.717, 1.165) is 5.70 Å². The highest BCUT2D eigenvalue weighted by atomic mass is 15.1. The predicted molar refractivity (Wildman–Crippen MR) is 59.3 cm³/mol. The summed E-state index contributed by atoms with van der Waals surface area (Å²) < 4.78 is 0.